The number of allylic oxidation sites excluding steroid dienone is 2. The van der Waals surface area contributed by atoms with Gasteiger partial charge in [-0.3, -0.25) is 14.5 Å². The van der Waals surface area contributed by atoms with Crippen molar-refractivity contribution < 1.29 is 19.5 Å². The van der Waals surface area contributed by atoms with Gasteiger partial charge in [0.1, 0.15) is 0 Å². The molecule has 6 heteroatoms. The summed E-state index contributed by atoms with van der Waals surface area (Å²) >= 11 is 0. The Balaban J connectivity index is 1.67. The Labute approximate surface area is 144 Å². The van der Waals surface area contributed by atoms with Crippen molar-refractivity contribution in [3.63, 3.8) is 0 Å². The van der Waals surface area contributed by atoms with Crippen molar-refractivity contribution in [1.29, 1.82) is 0 Å². The molecule has 1 fully saturated rings. The molecule has 25 heavy (non-hydrogen) atoms. The van der Waals surface area contributed by atoms with Gasteiger partial charge in [0.15, 0.2) is 0 Å². The molecule has 0 spiro atoms. The van der Waals surface area contributed by atoms with Crippen LogP contribution >= 0.6 is 0 Å². The summed E-state index contributed by atoms with van der Waals surface area (Å²) < 4.78 is 0. The lowest BCUT2D eigenvalue weighted by atomic mass is 9.85. The maximum absolute atomic E-state index is 12.7. The Bertz CT molecular complexity index is 872. The fraction of sp³-hybridized carbons (Fsp3) is 0.316. The molecule has 6 nitrogen and oxygen atoms in total. The van der Waals surface area contributed by atoms with Crippen LogP contribution in [0.3, 0.4) is 0 Å². The van der Waals surface area contributed by atoms with Crippen molar-refractivity contribution in [2.24, 2.45) is 11.8 Å². The SMILES string of the molecule is O=C([O-])[C@H](Cc1c[nH]c2ccccc12)N1C(=O)[C@H]2CC=CC[C@@H]2C1=O. The van der Waals surface area contributed by atoms with E-state index < -0.39 is 35.7 Å². The molecule has 0 radical (unpaired) electrons. The van der Waals surface area contributed by atoms with Crippen molar-refractivity contribution in [3.8, 4) is 0 Å². The van der Waals surface area contributed by atoms with E-state index in [9.17, 15) is 19.5 Å². The standard InChI is InChI=1S/C19H18N2O4/c22-17-13-6-1-2-7-14(13)18(23)21(17)16(19(24)25)9-11-10-20-15-8-4-3-5-12(11)15/h1-5,8,10,13-14,16,20H,6-7,9H2,(H,24,25)/p-1/t13-,14-,16-/m0/s1. The normalized spacial score (nSPS) is 23.9. The lowest BCUT2D eigenvalue weighted by molar-refractivity contribution is -0.310. The van der Waals surface area contributed by atoms with Gasteiger partial charge in [-0.25, -0.2) is 0 Å². The zero-order valence-corrected chi connectivity index (χ0v) is 13.5. The number of nitrogens with zero attached hydrogens (tertiary/aromatic N) is 1. The minimum Gasteiger partial charge on any atom is -0.548 e. The largest absolute Gasteiger partial charge is 0.548 e. The number of para-hydroxylation sites is 1. The van der Waals surface area contributed by atoms with Crippen LogP contribution in [0.2, 0.25) is 0 Å². The maximum Gasteiger partial charge on any atom is 0.234 e. The molecule has 2 aromatic rings. The Hall–Kier alpha value is -2.89. The minimum absolute atomic E-state index is 0.0384. The van der Waals surface area contributed by atoms with Gasteiger partial charge in [-0.05, 0) is 24.5 Å². The first-order valence-corrected chi connectivity index (χ1v) is 8.35. The van der Waals surface area contributed by atoms with Crippen molar-refractivity contribution in [3.05, 3.63) is 48.2 Å². The van der Waals surface area contributed by atoms with E-state index in [4.69, 9.17) is 0 Å². The summed E-state index contributed by atoms with van der Waals surface area (Å²) in [5.74, 6) is -3.08. The van der Waals surface area contributed by atoms with E-state index in [1.54, 1.807) is 6.20 Å². The summed E-state index contributed by atoms with van der Waals surface area (Å²) in [6.45, 7) is 0. The second-order valence-corrected chi connectivity index (χ2v) is 6.60. The average Bonchev–Trinajstić information content (AvgIpc) is 3.13. The molecule has 1 aromatic carbocycles. The van der Waals surface area contributed by atoms with Crippen molar-refractivity contribution in [2.75, 3.05) is 0 Å². The highest BCUT2D eigenvalue weighted by molar-refractivity contribution is 6.08. The van der Waals surface area contributed by atoms with Crippen molar-refractivity contribution >= 4 is 28.7 Å². The van der Waals surface area contributed by atoms with Crippen LogP contribution in [-0.2, 0) is 20.8 Å². The van der Waals surface area contributed by atoms with Crippen LogP contribution in [0.1, 0.15) is 18.4 Å². The van der Waals surface area contributed by atoms with Crippen molar-refractivity contribution in [2.45, 2.75) is 25.3 Å². The molecule has 1 aliphatic heterocycles. The number of imide groups is 1. The number of benzene rings is 1. The van der Waals surface area contributed by atoms with Gasteiger partial charge in [0.25, 0.3) is 0 Å². The highest BCUT2D eigenvalue weighted by Crippen LogP contribution is 2.36. The van der Waals surface area contributed by atoms with Gasteiger partial charge in [-0.1, -0.05) is 30.4 Å². The summed E-state index contributed by atoms with van der Waals surface area (Å²) in [7, 11) is 0. The number of carbonyl (C=O) groups is 3. The Morgan fingerprint density at radius 2 is 1.80 bits per heavy atom. The van der Waals surface area contributed by atoms with Crippen LogP contribution in [0.25, 0.3) is 10.9 Å². The lowest BCUT2D eigenvalue weighted by Crippen LogP contribution is -2.52. The first kappa shape index (κ1) is 15.6. The first-order chi connectivity index (χ1) is 12.1. The topological polar surface area (TPSA) is 93.3 Å². The van der Waals surface area contributed by atoms with Gasteiger partial charge in [-0.2, -0.15) is 0 Å². The zero-order valence-electron chi connectivity index (χ0n) is 13.5. The third-order valence-electron chi connectivity index (χ3n) is 5.21. The monoisotopic (exact) mass is 337 g/mol. The molecule has 128 valence electrons. The van der Waals surface area contributed by atoms with Gasteiger partial charge in [-0.15, -0.1) is 0 Å². The highest BCUT2D eigenvalue weighted by Gasteiger charge is 2.49. The van der Waals surface area contributed by atoms with Gasteiger partial charge in [0.05, 0.1) is 23.8 Å². The summed E-state index contributed by atoms with van der Waals surface area (Å²) in [4.78, 5) is 41.1. The second kappa shape index (κ2) is 5.88. The molecule has 0 saturated carbocycles. The Morgan fingerprint density at radius 3 is 2.44 bits per heavy atom. The molecule has 4 rings (SSSR count). The highest BCUT2D eigenvalue weighted by atomic mass is 16.4. The Morgan fingerprint density at radius 1 is 1.16 bits per heavy atom. The molecule has 2 heterocycles. The fourth-order valence-corrected chi connectivity index (χ4v) is 3.92. The van der Waals surface area contributed by atoms with Crippen molar-refractivity contribution in [1.82, 2.24) is 9.88 Å². The van der Waals surface area contributed by atoms with Gasteiger partial charge in [0.2, 0.25) is 11.8 Å². The maximum atomic E-state index is 12.7. The van der Waals surface area contributed by atoms with E-state index in [2.05, 4.69) is 4.98 Å². The number of fused-ring (bicyclic) bond motifs is 2. The predicted molar refractivity (Wildman–Crippen MR) is 88.0 cm³/mol. The number of amides is 2. The van der Waals surface area contributed by atoms with Crippen LogP contribution in [-0.4, -0.2) is 33.7 Å². The number of rotatable bonds is 4. The number of nitrogens with one attached hydrogen (secondary N) is 1. The fourth-order valence-electron chi connectivity index (χ4n) is 3.92. The van der Waals surface area contributed by atoms with E-state index in [0.717, 1.165) is 21.4 Å². The van der Waals surface area contributed by atoms with Crippen LogP contribution in [0.5, 0.6) is 0 Å². The van der Waals surface area contributed by atoms with Crippen LogP contribution < -0.4 is 5.11 Å². The number of likely N-dealkylation sites (tertiary alicyclic amines) is 1. The van der Waals surface area contributed by atoms with E-state index in [-0.39, 0.29) is 6.42 Å². The lowest BCUT2D eigenvalue weighted by Gasteiger charge is -2.27. The molecular formula is C19H17N2O4-. The van der Waals surface area contributed by atoms with Gasteiger partial charge >= 0.3 is 0 Å². The van der Waals surface area contributed by atoms with Gasteiger partial charge in [0, 0.05) is 23.5 Å². The third-order valence-corrected chi connectivity index (χ3v) is 5.21. The molecule has 1 saturated heterocycles. The smallest absolute Gasteiger partial charge is 0.234 e. The van der Waals surface area contributed by atoms with E-state index in [1.807, 2.05) is 36.4 Å². The van der Waals surface area contributed by atoms with Crippen LogP contribution in [0.15, 0.2) is 42.6 Å². The number of aromatic amines is 1. The number of carboxylic acid groups (broad SMARTS) is 1. The van der Waals surface area contributed by atoms with Crippen LogP contribution in [0, 0.1) is 11.8 Å². The van der Waals surface area contributed by atoms with Gasteiger partial charge < -0.3 is 14.9 Å². The summed E-state index contributed by atoms with van der Waals surface area (Å²) in [5, 5.41) is 12.6. The number of H-pyrrole nitrogens is 1. The molecule has 3 atom stereocenters. The number of aliphatic carboxylic acids is 1. The number of aromatic nitrogens is 1. The van der Waals surface area contributed by atoms with E-state index in [1.165, 1.54) is 0 Å². The number of carbonyl (C=O) groups excluding carboxylic acids is 3. The molecule has 2 amide bonds. The Kier molecular flexibility index (Phi) is 3.67. The van der Waals surface area contributed by atoms with Crippen LogP contribution in [0.4, 0.5) is 0 Å². The zero-order chi connectivity index (χ0) is 17.6. The molecule has 1 N–H and O–H groups in total. The average molecular weight is 337 g/mol. The molecule has 0 unspecified atom stereocenters. The molecular weight excluding hydrogens is 320 g/mol. The molecule has 2 aliphatic rings. The number of hydrogen-bond donors (Lipinski definition) is 1. The first-order valence-electron chi connectivity index (χ1n) is 8.35. The second-order valence-electron chi connectivity index (χ2n) is 6.60. The molecule has 1 aliphatic carbocycles. The van der Waals surface area contributed by atoms with E-state index in [0.29, 0.717) is 12.8 Å². The predicted octanol–water partition coefficient (Wildman–Crippen LogP) is 0.780. The molecule has 0 bridgehead atoms. The summed E-state index contributed by atoms with van der Waals surface area (Å²) in [6, 6.07) is 6.22. The third kappa shape index (κ3) is 2.45. The quantitative estimate of drug-likeness (QED) is 0.659. The summed E-state index contributed by atoms with van der Waals surface area (Å²) in [5.41, 5.74) is 1.63. The molecule has 1 aromatic heterocycles. The summed E-state index contributed by atoms with van der Waals surface area (Å²) in [6.07, 6.45) is 6.49. The number of hydrogen-bond acceptors (Lipinski definition) is 4. The van der Waals surface area contributed by atoms with E-state index >= 15 is 0 Å². The minimum atomic E-state index is -1.40. The number of carboxylic acids is 1.